The molecular weight excluding hydrogens is 196 g/mol. The first-order valence-electron chi connectivity index (χ1n) is 6.59. The molecule has 2 radical (unpaired) electrons. The van der Waals surface area contributed by atoms with Crippen LogP contribution in [0, 0.1) is 12.6 Å². The monoisotopic (exact) mass is 216 g/mol. The highest BCUT2D eigenvalue weighted by Crippen LogP contribution is 2.33. The van der Waals surface area contributed by atoms with Crippen molar-refractivity contribution in [2.45, 2.75) is 50.6 Å². The SMILES string of the molecule is [C]1NC2C=CC=C(C3CCCCCC3)C2N1. The molecule has 2 fully saturated rings. The molecule has 2 nitrogen and oxygen atoms in total. The maximum absolute atomic E-state index is 3.35. The van der Waals surface area contributed by atoms with Gasteiger partial charge in [-0.2, -0.15) is 0 Å². The Morgan fingerprint density at radius 2 is 1.88 bits per heavy atom. The maximum atomic E-state index is 3.35. The highest BCUT2D eigenvalue weighted by atomic mass is 15.2. The van der Waals surface area contributed by atoms with Gasteiger partial charge in [-0.15, -0.1) is 0 Å². The van der Waals surface area contributed by atoms with Crippen molar-refractivity contribution in [1.29, 1.82) is 0 Å². The summed E-state index contributed by atoms with van der Waals surface area (Å²) < 4.78 is 0. The van der Waals surface area contributed by atoms with Gasteiger partial charge in [0.25, 0.3) is 0 Å². The van der Waals surface area contributed by atoms with Crippen molar-refractivity contribution in [2.24, 2.45) is 5.92 Å². The Morgan fingerprint density at radius 3 is 2.69 bits per heavy atom. The van der Waals surface area contributed by atoms with Gasteiger partial charge < -0.3 is 0 Å². The van der Waals surface area contributed by atoms with E-state index in [-0.39, 0.29) is 0 Å². The number of rotatable bonds is 1. The smallest absolute Gasteiger partial charge is 0.141 e. The van der Waals surface area contributed by atoms with Crippen LogP contribution in [0.25, 0.3) is 0 Å². The second-order valence-electron chi connectivity index (χ2n) is 5.16. The summed E-state index contributed by atoms with van der Waals surface area (Å²) in [5.74, 6) is 0.800. The average Bonchev–Trinajstić information content (AvgIpc) is 2.63. The molecule has 0 aromatic rings. The van der Waals surface area contributed by atoms with Gasteiger partial charge >= 0.3 is 0 Å². The summed E-state index contributed by atoms with van der Waals surface area (Å²) in [7, 11) is 0. The molecule has 3 rings (SSSR count). The Morgan fingerprint density at radius 1 is 1.06 bits per heavy atom. The molecule has 86 valence electrons. The van der Waals surface area contributed by atoms with E-state index < -0.39 is 0 Å². The molecular formula is C14H20N2. The molecule has 2 unspecified atom stereocenters. The Hall–Kier alpha value is -0.600. The van der Waals surface area contributed by atoms with E-state index >= 15 is 0 Å². The lowest BCUT2D eigenvalue weighted by atomic mass is 9.82. The van der Waals surface area contributed by atoms with Crippen LogP contribution in [0.2, 0.25) is 0 Å². The van der Waals surface area contributed by atoms with Crippen LogP contribution >= 0.6 is 0 Å². The van der Waals surface area contributed by atoms with Crippen molar-refractivity contribution >= 4 is 0 Å². The molecule has 0 aromatic carbocycles. The zero-order chi connectivity index (χ0) is 10.8. The lowest BCUT2D eigenvalue weighted by Crippen LogP contribution is -2.37. The first-order valence-corrected chi connectivity index (χ1v) is 6.59. The summed E-state index contributed by atoms with van der Waals surface area (Å²) in [6.07, 6.45) is 15.2. The highest BCUT2D eigenvalue weighted by Gasteiger charge is 2.33. The van der Waals surface area contributed by atoms with Crippen molar-refractivity contribution in [2.75, 3.05) is 0 Å². The predicted octanol–water partition coefficient (Wildman–Crippen LogP) is 2.38. The highest BCUT2D eigenvalue weighted by molar-refractivity contribution is 5.33. The minimum atomic E-state index is 0.434. The minimum Gasteiger partial charge on any atom is -0.285 e. The Balaban J connectivity index is 1.76. The van der Waals surface area contributed by atoms with Gasteiger partial charge in [-0.1, -0.05) is 43.9 Å². The molecule has 2 atom stereocenters. The third kappa shape index (κ3) is 1.96. The fourth-order valence-corrected chi connectivity index (χ4v) is 3.22. The molecule has 1 saturated carbocycles. The quantitative estimate of drug-likeness (QED) is 0.658. The summed E-state index contributed by atoms with van der Waals surface area (Å²) in [5.41, 5.74) is 1.60. The molecule has 0 aromatic heterocycles. The maximum Gasteiger partial charge on any atom is 0.141 e. The van der Waals surface area contributed by atoms with E-state index in [0.29, 0.717) is 12.1 Å². The van der Waals surface area contributed by atoms with E-state index in [2.05, 4.69) is 35.5 Å². The van der Waals surface area contributed by atoms with Crippen LogP contribution in [0.4, 0.5) is 0 Å². The van der Waals surface area contributed by atoms with Crippen molar-refractivity contribution in [3.8, 4) is 0 Å². The first-order chi connectivity index (χ1) is 7.95. The van der Waals surface area contributed by atoms with Crippen LogP contribution in [-0.4, -0.2) is 12.1 Å². The number of fused-ring (bicyclic) bond motifs is 1. The molecule has 2 N–H and O–H groups in total. The van der Waals surface area contributed by atoms with Crippen molar-refractivity contribution in [1.82, 2.24) is 10.6 Å². The average molecular weight is 216 g/mol. The Labute approximate surface area is 98.2 Å². The van der Waals surface area contributed by atoms with Gasteiger partial charge in [0.1, 0.15) is 6.67 Å². The summed E-state index contributed by atoms with van der Waals surface area (Å²) in [6, 6.07) is 0.899. The van der Waals surface area contributed by atoms with E-state index in [0.717, 1.165) is 5.92 Å². The largest absolute Gasteiger partial charge is 0.285 e. The fraction of sp³-hybridized carbons (Fsp3) is 0.643. The summed E-state index contributed by atoms with van der Waals surface area (Å²) in [6.45, 7) is 3.06. The minimum absolute atomic E-state index is 0.434. The Bertz CT molecular complexity index is 298. The topological polar surface area (TPSA) is 24.1 Å². The summed E-state index contributed by atoms with van der Waals surface area (Å²) in [4.78, 5) is 0. The van der Waals surface area contributed by atoms with Crippen LogP contribution in [0.5, 0.6) is 0 Å². The van der Waals surface area contributed by atoms with Crippen LogP contribution < -0.4 is 10.6 Å². The normalized spacial score (nSPS) is 35.6. The summed E-state index contributed by atoms with van der Waals surface area (Å²) in [5, 5.41) is 6.60. The standard InChI is InChI=1S/C14H20N2/c1-2-4-7-11(6-3-1)12-8-5-9-13-14(12)16-10-15-13/h5,8-9,11,13-16H,1-4,6-7H2. The lowest BCUT2D eigenvalue weighted by molar-refractivity contribution is 0.470. The molecule has 1 aliphatic heterocycles. The zero-order valence-corrected chi connectivity index (χ0v) is 9.71. The van der Waals surface area contributed by atoms with Gasteiger partial charge in [-0.25, -0.2) is 0 Å². The van der Waals surface area contributed by atoms with Crippen molar-refractivity contribution < 1.29 is 0 Å². The van der Waals surface area contributed by atoms with Gasteiger partial charge in [0.15, 0.2) is 0 Å². The van der Waals surface area contributed by atoms with E-state index in [9.17, 15) is 0 Å². The third-order valence-corrected chi connectivity index (χ3v) is 4.12. The van der Waals surface area contributed by atoms with Crippen molar-refractivity contribution in [3.05, 3.63) is 30.5 Å². The van der Waals surface area contributed by atoms with Gasteiger partial charge in [0.05, 0.1) is 0 Å². The van der Waals surface area contributed by atoms with Gasteiger partial charge in [0, 0.05) is 12.1 Å². The molecule has 1 heterocycles. The van der Waals surface area contributed by atoms with E-state index in [4.69, 9.17) is 0 Å². The molecule has 0 amide bonds. The number of allylic oxidation sites excluding steroid dienone is 2. The fourth-order valence-electron chi connectivity index (χ4n) is 3.22. The Kier molecular flexibility index (Phi) is 3.11. The molecule has 0 bridgehead atoms. The van der Waals surface area contributed by atoms with Crippen LogP contribution in [-0.2, 0) is 0 Å². The van der Waals surface area contributed by atoms with E-state index in [1.807, 2.05) is 0 Å². The molecule has 2 aliphatic carbocycles. The first kappa shape index (κ1) is 10.5. The lowest BCUT2D eigenvalue weighted by Gasteiger charge is -2.28. The molecule has 3 aliphatic rings. The van der Waals surface area contributed by atoms with E-state index in [1.165, 1.54) is 38.5 Å². The van der Waals surface area contributed by atoms with Crippen molar-refractivity contribution in [3.63, 3.8) is 0 Å². The second-order valence-corrected chi connectivity index (χ2v) is 5.16. The molecule has 0 spiro atoms. The van der Waals surface area contributed by atoms with Gasteiger partial charge in [0.2, 0.25) is 0 Å². The molecule has 2 heteroatoms. The van der Waals surface area contributed by atoms with Crippen LogP contribution in [0.15, 0.2) is 23.8 Å². The number of hydrogen-bond donors (Lipinski definition) is 2. The predicted molar refractivity (Wildman–Crippen MR) is 65.5 cm³/mol. The molecule has 16 heavy (non-hydrogen) atoms. The summed E-state index contributed by atoms with van der Waals surface area (Å²) >= 11 is 0. The number of hydrogen-bond acceptors (Lipinski definition) is 2. The number of nitrogens with one attached hydrogen (secondary N) is 2. The third-order valence-electron chi connectivity index (χ3n) is 4.12. The van der Waals surface area contributed by atoms with Crippen LogP contribution in [0.1, 0.15) is 38.5 Å². The second kappa shape index (κ2) is 4.72. The molecule has 1 saturated heterocycles. The van der Waals surface area contributed by atoms with Gasteiger partial charge in [-0.3, -0.25) is 10.6 Å². The van der Waals surface area contributed by atoms with Gasteiger partial charge in [-0.05, 0) is 24.3 Å². The zero-order valence-electron chi connectivity index (χ0n) is 9.71. The van der Waals surface area contributed by atoms with Crippen LogP contribution in [0.3, 0.4) is 0 Å². The van der Waals surface area contributed by atoms with E-state index in [1.54, 1.807) is 5.57 Å².